The standard InChI is InChI=1S/C15H21NO/c1-5-16-11(4)15-9-13-8-12(10(2)3)6-7-14(13)17-15/h6-11,16H,5H2,1-4H3. The molecule has 0 aliphatic rings. The molecule has 0 aliphatic heterocycles. The molecule has 17 heavy (non-hydrogen) atoms. The van der Waals surface area contributed by atoms with Gasteiger partial charge < -0.3 is 9.73 Å². The number of fused-ring (bicyclic) bond motifs is 1. The van der Waals surface area contributed by atoms with E-state index in [1.807, 2.05) is 0 Å². The number of rotatable bonds is 4. The van der Waals surface area contributed by atoms with Crippen LogP contribution in [0.3, 0.4) is 0 Å². The number of benzene rings is 1. The molecule has 0 radical (unpaired) electrons. The minimum absolute atomic E-state index is 0.273. The summed E-state index contributed by atoms with van der Waals surface area (Å²) in [6.45, 7) is 9.61. The van der Waals surface area contributed by atoms with Crippen molar-refractivity contribution in [2.75, 3.05) is 6.54 Å². The van der Waals surface area contributed by atoms with Crippen molar-refractivity contribution in [1.82, 2.24) is 5.32 Å². The van der Waals surface area contributed by atoms with Crippen molar-refractivity contribution in [3.8, 4) is 0 Å². The Bertz CT molecular complexity index is 499. The molecule has 2 rings (SSSR count). The van der Waals surface area contributed by atoms with Crippen molar-refractivity contribution in [2.24, 2.45) is 0 Å². The van der Waals surface area contributed by atoms with Crippen molar-refractivity contribution < 1.29 is 4.42 Å². The smallest absolute Gasteiger partial charge is 0.134 e. The minimum Gasteiger partial charge on any atom is -0.459 e. The Labute approximate surface area is 103 Å². The van der Waals surface area contributed by atoms with E-state index in [1.165, 1.54) is 10.9 Å². The molecule has 1 N–H and O–H groups in total. The Morgan fingerprint density at radius 1 is 1.18 bits per heavy atom. The zero-order chi connectivity index (χ0) is 12.4. The average Bonchev–Trinajstić information content (AvgIpc) is 2.71. The maximum absolute atomic E-state index is 5.85. The van der Waals surface area contributed by atoms with E-state index in [0.29, 0.717) is 5.92 Å². The quantitative estimate of drug-likeness (QED) is 0.852. The number of hydrogen-bond acceptors (Lipinski definition) is 2. The van der Waals surface area contributed by atoms with E-state index in [9.17, 15) is 0 Å². The van der Waals surface area contributed by atoms with E-state index in [-0.39, 0.29) is 6.04 Å². The van der Waals surface area contributed by atoms with Gasteiger partial charge in [-0.2, -0.15) is 0 Å². The van der Waals surface area contributed by atoms with Crippen molar-refractivity contribution in [3.05, 3.63) is 35.6 Å². The number of furan rings is 1. The van der Waals surface area contributed by atoms with Crippen LogP contribution >= 0.6 is 0 Å². The fourth-order valence-electron chi connectivity index (χ4n) is 2.06. The zero-order valence-electron chi connectivity index (χ0n) is 11.1. The van der Waals surface area contributed by atoms with E-state index in [2.05, 4.69) is 57.3 Å². The lowest BCUT2D eigenvalue weighted by atomic mass is 10.0. The van der Waals surface area contributed by atoms with Gasteiger partial charge in [0.15, 0.2) is 0 Å². The van der Waals surface area contributed by atoms with Crippen LogP contribution in [0.5, 0.6) is 0 Å². The molecular formula is C15H21NO. The first-order valence-corrected chi connectivity index (χ1v) is 6.38. The van der Waals surface area contributed by atoms with Gasteiger partial charge in [-0.05, 0) is 43.1 Å². The van der Waals surface area contributed by atoms with Gasteiger partial charge in [0.05, 0.1) is 6.04 Å². The van der Waals surface area contributed by atoms with Gasteiger partial charge in [0.25, 0.3) is 0 Å². The summed E-state index contributed by atoms with van der Waals surface area (Å²) in [4.78, 5) is 0. The van der Waals surface area contributed by atoms with Crippen molar-refractivity contribution in [3.63, 3.8) is 0 Å². The molecule has 2 aromatic rings. The van der Waals surface area contributed by atoms with Gasteiger partial charge in [-0.3, -0.25) is 0 Å². The number of nitrogens with one attached hydrogen (secondary N) is 1. The highest BCUT2D eigenvalue weighted by Crippen LogP contribution is 2.27. The van der Waals surface area contributed by atoms with Crippen LogP contribution < -0.4 is 5.32 Å². The molecule has 0 amide bonds. The molecule has 1 atom stereocenters. The lowest BCUT2D eigenvalue weighted by Crippen LogP contribution is -2.16. The average molecular weight is 231 g/mol. The predicted molar refractivity (Wildman–Crippen MR) is 72.4 cm³/mol. The lowest BCUT2D eigenvalue weighted by molar-refractivity contribution is 0.459. The Morgan fingerprint density at radius 2 is 1.94 bits per heavy atom. The van der Waals surface area contributed by atoms with Gasteiger partial charge in [-0.1, -0.05) is 26.8 Å². The highest BCUT2D eigenvalue weighted by Gasteiger charge is 2.11. The van der Waals surface area contributed by atoms with Crippen molar-refractivity contribution >= 4 is 11.0 Å². The molecule has 1 unspecified atom stereocenters. The van der Waals surface area contributed by atoms with Crippen LogP contribution in [0.15, 0.2) is 28.7 Å². The Hall–Kier alpha value is -1.28. The Balaban J connectivity index is 2.36. The second kappa shape index (κ2) is 4.92. The van der Waals surface area contributed by atoms with Gasteiger partial charge >= 0.3 is 0 Å². The first kappa shape index (κ1) is 12.2. The second-order valence-electron chi connectivity index (χ2n) is 4.88. The summed E-state index contributed by atoms with van der Waals surface area (Å²) in [6.07, 6.45) is 0. The molecule has 1 aromatic carbocycles. The molecule has 0 bridgehead atoms. The third-order valence-corrected chi connectivity index (χ3v) is 3.16. The van der Waals surface area contributed by atoms with E-state index >= 15 is 0 Å². The topological polar surface area (TPSA) is 25.2 Å². The zero-order valence-corrected chi connectivity index (χ0v) is 11.1. The second-order valence-corrected chi connectivity index (χ2v) is 4.88. The van der Waals surface area contributed by atoms with Crippen LogP contribution in [0.2, 0.25) is 0 Å². The molecule has 0 aliphatic carbocycles. The summed E-state index contributed by atoms with van der Waals surface area (Å²) in [5.41, 5.74) is 2.34. The summed E-state index contributed by atoms with van der Waals surface area (Å²) < 4.78 is 5.85. The third kappa shape index (κ3) is 2.52. The summed E-state index contributed by atoms with van der Waals surface area (Å²) in [7, 11) is 0. The summed E-state index contributed by atoms with van der Waals surface area (Å²) in [5, 5.41) is 4.57. The third-order valence-electron chi connectivity index (χ3n) is 3.16. The van der Waals surface area contributed by atoms with Crippen molar-refractivity contribution in [1.29, 1.82) is 0 Å². The number of hydrogen-bond donors (Lipinski definition) is 1. The van der Waals surface area contributed by atoms with Crippen LogP contribution in [-0.4, -0.2) is 6.54 Å². The molecule has 2 heteroatoms. The summed E-state index contributed by atoms with van der Waals surface area (Å²) in [6, 6.07) is 8.88. The Morgan fingerprint density at radius 3 is 2.59 bits per heavy atom. The molecule has 0 saturated heterocycles. The normalized spacial score (nSPS) is 13.5. The van der Waals surface area contributed by atoms with Gasteiger partial charge in [0.2, 0.25) is 0 Å². The van der Waals surface area contributed by atoms with E-state index in [0.717, 1.165) is 17.9 Å². The van der Waals surface area contributed by atoms with Crippen LogP contribution in [0.4, 0.5) is 0 Å². The van der Waals surface area contributed by atoms with Crippen LogP contribution in [-0.2, 0) is 0 Å². The molecule has 0 spiro atoms. The highest BCUT2D eigenvalue weighted by atomic mass is 16.3. The summed E-state index contributed by atoms with van der Waals surface area (Å²) >= 11 is 0. The predicted octanol–water partition coefficient (Wildman–Crippen LogP) is 4.23. The van der Waals surface area contributed by atoms with Crippen LogP contribution in [0.25, 0.3) is 11.0 Å². The van der Waals surface area contributed by atoms with Gasteiger partial charge in [-0.25, -0.2) is 0 Å². The Kier molecular flexibility index (Phi) is 3.53. The lowest BCUT2D eigenvalue weighted by Gasteiger charge is -2.07. The largest absolute Gasteiger partial charge is 0.459 e. The van der Waals surface area contributed by atoms with E-state index in [4.69, 9.17) is 4.42 Å². The first-order valence-electron chi connectivity index (χ1n) is 6.38. The minimum atomic E-state index is 0.273. The van der Waals surface area contributed by atoms with E-state index in [1.54, 1.807) is 0 Å². The fourth-order valence-corrected chi connectivity index (χ4v) is 2.06. The summed E-state index contributed by atoms with van der Waals surface area (Å²) in [5.74, 6) is 1.58. The molecule has 92 valence electrons. The molecule has 0 saturated carbocycles. The highest BCUT2D eigenvalue weighted by molar-refractivity contribution is 5.79. The fraction of sp³-hybridized carbons (Fsp3) is 0.467. The van der Waals surface area contributed by atoms with E-state index < -0.39 is 0 Å². The van der Waals surface area contributed by atoms with Crippen LogP contribution in [0.1, 0.15) is 51.0 Å². The maximum Gasteiger partial charge on any atom is 0.134 e. The SMILES string of the molecule is CCNC(C)c1cc2cc(C(C)C)ccc2o1. The van der Waals surface area contributed by atoms with Crippen molar-refractivity contribution in [2.45, 2.75) is 39.7 Å². The molecule has 1 aromatic heterocycles. The van der Waals surface area contributed by atoms with Crippen LogP contribution in [0, 0.1) is 0 Å². The molecular weight excluding hydrogens is 210 g/mol. The molecule has 0 fully saturated rings. The maximum atomic E-state index is 5.85. The molecule has 1 heterocycles. The van der Waals surface area contributed by atoms with Gasteiger partial charge in [-0.15, -0.1) is 0 Å². The van der Waals surface area contributed by atoms with Gasteiger partial charge in [0, 0.05) is 5.39 Å². The monoisotopic (exact) mass is 231 g/mol. The molecule has 2 nitrogen and oxygen atoms in total. The van der Waals surface area contributed by atoms with Gasteiger partial charge in [0.1, 0.15) is 11.3 Å². The first-order chi connectivity index (χ1) is 8.11.